The van der Waals surface area contributed by atoms with E-state index in [4.69, 9.17) is 23.2 Å². The van der Waals surface area contributed by atoms with Gasteiger partial charge in [0.1, 0.15) is 4.49 Å². The van der Waals surface area contributed by atoms with E-state index in [0.29, 0.717) is 0 Å². The number of nitrogens with one attached hydrogen (secondary N) is 1. The van der Waals surface area contributed by atoms with Gasteiger partial charge in [0.25, 0.3) is 0 Å². The Balaban J connectivity index is 2.71. The van der Waals surface area contributed by atoms with Gasteiger partial charge in [-0.25, -0.2) is 0 Å². The number of anilines is 1. The van der Waals surface area contributed by atoms with Crippen LogP contribution in [0.1, 0.15) is 17.5 Å². The average molecular weight is 286 g/mol. The van der Waals surface area contributed by atoms with Gasteiger partial charge in [-0.15, -0.1) is 0 Å². The van der Waals surface area contributed by atoms with Crippen LogP contribution in [0.25, 0.3) is 0 Å². The van der Waals surface area contributed by atoms with E-state index in [2.05, 4.69) is 5.32 Å². The molecule has 3 nitrogen and oxygen atoms in total. The van der Waals surface area contributed by atoms with Crippen LogP contribution in [0.2, 0.25) is 0 Å². The Morgan fingerprint density at radius 1 is 1.22 bits per heavy atom. The van der Waals surface area contributed by atoms with E-state index in [0.717, 1.165) is 22.9 Å². The SMILES string of the molecule is Cc1cccc(C)c1NC(=O)CC(=O)C=C(Cl)Cl. The van der Waals surface area contributed by atoms with E-state index in [1.807, 2.05) is 32.0 Å². The first-order chi connectivity index (χ1) is 8.40. The third-order valence-electron chi connectivity index (χ3n) is 2.35. The van der Waals surface area contributed by atoms with Gasteiger partial charge in [-0.2, -0.15) is 0 Å². The van der Waals surface area contributed by atoms with Crippen LogP contribution in [0.15, 0.2) is 28.8 Å². The highest BCUT2D eigenvalue weighted by atomic mass is 35.5. The first-order valence-electron chi connectivity index (χ1n) is 5.31. The summed E-state index contributed by atoms with van der Waals surface area (Å²) in [5.41, 5.74) is 2.62. The molecule has 5 heteroatoms. The minimum atomic E-state index is -0.432. The van der Waals surface area contributed by atoms with E-state index in [-0.39, 0.29) is 16.8 Å². The molecule has 0 saturated carbocycles. The van der Waals surface area contributed by atoms with Gasteiger partial charge in [0.2, 0.25) is 5.91 Å². The summed E-state index contributed by atoms with van der Waals surface area (Å²) in [6.45, 7) is 3.78. The Morgan fingerprint density at radius 2 is 1.78 bits per heavy atom. The number of carbonyl (C=O) groups is 2. The number of para-hydroxylation sites is 1. The third-order valence-corrected chi connectivity index (χ3v) is 2.57. The quantitative estimate of drug-likeness (QED) is 0.680. The highest BCUT2D eigenvalue weighted by Gasteiger charge is 2.10. The number of hydrogen-bond donors (Lipinski definition) is 1. The molecule has 0 aliphatic carbocycles. The maximum Gasteiger partial charge on any atom is 0.232 e. The summed E-state index contributed by atoms with van der Waals surface area (Å²) in [6, 6.07) is 5.68. The normalized spacial score (nSPS) is 9.78. The van der Waals surface area contributed by atoms with Crippen molar-refractivity contribution in [1.82, 2.24) is 0 Å². The Kier molecular flexibility index (Phi) is 5.38. The standard InChI is InChI=1S/C13H13Cl2NO2/c1-8-4-3-5-9(2)13(8)16-12(18)7-10(17)6-11(14)15/h3-6H,7H2,1-2H3,(H,16,18). The van der Waals surface area contributed by atoms with Gasteiger partial charge < -0.3 is 5.32 Å². The van der Waals surface area contributed by atoms with Gasteiger partial charge in [0.05, 0.1) is 6.42 Å². The number of allylic oxidation sites excluding steroid dienone is 1. The monoisotopic (exact) mass is 285 g/mol. The van der Waals surface area contributed by atoms with Crippen molar-refractivity contribution >= 4 is 40.6 Å². The average Bonchev–Trinajstić information content (AvgIpc) is 2.22. The zero-order valence-corrected chi connectivity index (χ0v) is 11.6. The molecule has 0 fully saturated rings. The first kappa shape index (κ1) is 14.7. The van der Waals surface area contributed by atoms with E-state index >= 15 is 0 Å². The Hall–Kier alpha value is -1.32. The molecule has 1 rings (SSSR count). The predicted molar refractivity (Wildman–Crippen MR) is 74.0 cm³/mol. The minimum Gasteiger partial charge on any atom is -0.325 e. The molecule has 1 aromatic rings. The molecule has 1 N–H and O–H groups in total. The van der Waals surface area contributed by atoms with E-state index in [9.17, 15) is 9.59 Å². The fourth-order valence-electron chi connectivity index (χ4n) is 1.53. The van der Waals surface area contributed by atoms with Crippen molar-refractivity contribution in [3.63, 3.8) is 0 Å². The number of aryl methyl sites for hydroxylation is 2. The van der Waals surface area contributed by atoms with Crippen molar-refractivity contribution in [2.24, 2.45) is 0 Å². The molecule has 0 aliphatic heterocycles. The van der Waals surface area contributed by atoms with Crippen LogP contribution in [-0.2, 0) is 9.59 Å². The molecule has 0 spiro atoms. The van der Waals surface area contributed by atoms with Crippen molar-refractivity contribution in [2.45, 2.75) is 20.3 Å². The van der Waals surface area contributed by atoms with Gasteiger partial charge in [0, 0.05) is 11.8 Å². The number of amides is 1. The maximum atomic E-state index is 11.7. The van der Waals surface area contributed by atoms with Crippen molar-refractivity contribution < 1.29 is 9.59 Å². The summed E-state index contributed by atoms with van der Waals surface area (Å²) in [5, 5.41) is 2.71. The van der Waals surface area contributed by atoms with Crippen LogP contribution >= 0.6 is 23.2 Å². The highest BCUT2D eigenvalue weighted by Crippen LogP contribution is 2.19. The lowest BCUT2D eigenvalue weighted by Gasteiger charge is -2.10. The Morgan fingerprint density at radius 3 is 2.28 bits per heavy atom. The lowest BCUT2D eigenvalue weighted by molar-refractivity contribution is -0.122. The van der Waals surface area contributed by atoms with Crippen LogP contribution in [0.5, 0.6) is 0 Å². The molecular weight excluding hydrogens is 273 g/mol. The molecular formula is C13H13Cl2NO2. The molecule has 0 unspecified atom stereocenters. The van der Waals surface area contributed by atoms with Crippen LogP contribution < -0.4 is 5.32 Å². The summed E-state index contributed by atoms with van der Waals surface area (Å²) < 4.78 is -0.153. The summed E-state index contributed by atoms with van der Waals surface area (Å²) in [5.74, 6) is -0.818. The zero-order chi connectivity index (χ0) is 13.7. The topological polar surface area (TPSA) is 46.2 Å². The van der Waals surface area contributed by atoms with Gasteiger partial charge in [-0.05, 0) is 25.0 Å². The van der Waals surface area contributed by atoms with Gasteiger partial charge in [0.15, 0.2) is 5.78 Å². The smallest absolute Gasteiger partial charge is 0.232 e. The molecule has 0 aromatic heterocycles. The van der Waals surface area contributed by atoms with E-state index in [1.54, 1.807) is 0 Å². The first-order valence-corrected chi connectivity index (χ1v) is 6.07. The number of halogens is 2. The fourth-order valence-corrected chi connectivity index (χ4v) is 1.77. The van der Waals surface area contributed by atoms with Crippen molar-refractivity contribution in [3.05, 3.63) is 39.9 Å². The van der Waals surface area contributed by atoms with Crippen LogP contribution in [0, 0.1) is 13.8 Å². The van der Waals surface area contributed by atoms with Gasteiger partial charge >= 0.3 is 0 Å². The molecule has 0 atom stereocenters. The van der Waals surface area contributed by atoms with Crippen molar-refractivity contribution in [3.8, 4) is 0 Å². The highest BCUT2D eigenvalue weighted by molar-refractivity contribution is 6.56. The molecule has 0 heterocycles. The number of hydrogen-bond acceptors (Lipinski definition) is 2. The summed E-state index contributed by atoms with van der Waals surface area (Å²) in [4.78, 5) is 23.0. The third kappa shape index (κ3) is 4.51. The number of ketones is 1. The van der Waals surface area contributed by atoms with Crippen LogP contribution in [0.3, 0.4) is 0 Å². The van der Waals surface area contributed by atoms with Crippen LogP contribution in [0.4, 0.5) is 5.69 Å². The van der Waals surface area contributed by atoms with E-state index < -0.39 is 5.78 Å². The second-order valence-corrected chi connectivity index (χ2v) is 4.90. The zero-order valence-electron chi connectivity index (χ0n) is 10.1. The molecule has 0 saturated heterocycles. The lowest BCUT2D eigenvalue weighted by atomic mass is 10.1. The molecule has 1 amide bonds. The number of benzene rings is 1. The minimum absolute atomic E-state index is 0.153. The van der Waals surface area contributed by atoms with Gasteiger partial charge in [-0.1, -0.05) is 41.4 Å². The number of carbonyl (C=O) groups excluding carboxylic acids is 2. The van der Waals surface area contributed by atoms with Crippen molar-refractivity contribution in [1.29, 1.82) is 0 Å². The van der Waals surface area contributed by atoms with E-state index in [1.165, 1.54) is 0 Å². The van der Waals surface area contributed by atoms with Crippen molar-refractivity contribution in [2.75, 3.05) is 5.32 Å². The van der Waals surface area contributed by atoms with Crippen LogP contribution in [-0.4, -0.2) is 11.7 Å². The summed E-state index contributed by atoms with van der Waals surface area (Å²) in [7, 11) is 0. The molecule has 0 bridgehead atoms. The second-order valence-electron chi connectivity index (χ2n) is 3.89. The Bertz CT molecular complexity index is 485. The lowest BCUT2D eigenvalue weighted by Crippen LogP contribution is -2.16. The molecule has 18 heavy (non-hydrogen) atoms. The number of rotatable bonds is 4. The predicted octanol–water partition coefficient (Wildman–Crippen LogP) is 3.52. The maximum absolute atomic E-state index is 11.7. The molecule has 96 valence electrons. The largest absolute Gasteiger partial charge is 0.325 e. The molecule has 0 aliphatic rings. The molecule has 0 radical (unpaired) electrons. The molecule has 1 aromatic carbocycles. The summed E-state index contributed by atoms with van der Waals surface area (Å²) in [6.07, 6.45) is 0.740. The fraction of sp³-hybridized carbons (Fsp3) is 0.231. The Labute approximate surface area is 116 Å². The summed E-state index contributed by atoms with van der Waals surface area (Å²) >= 11 is 10.7. The van der Waals surface area contributed by atoms with Gasteiger partial charge in [-0.3, -0.25) is 9.59 Å². The second kappa shape index (κ2) is 6.57.